The molecule has 0 amide bonds. The summed E-state index contributed by atoms with van der Waals surface area (Å²) in [6.07, 6.45) is 1.97. The molecule has 2 rings (SSSR count). The lowest BCUT2D eigenvalue weighted by Gasteiger charge is -2.44. The van der Waals surface area contributed by atoms with Gasteiger partial charge < -0.3 is 10.2 Å². The number of anilines is 1. The van der Waals surface area contributed by atoms with Gasteiger partial charge in [-0.15, -0.1) is 0 Å². The Morgan fingerprint density at radius 1 is 1.29 bits per heavy atom. The molecule has 0 saturated carbocycles. The topological polar surface area (TPSA) is 15.3 Å². The molecule has 118 valence electrons. The Balaban J connectivity index is 2.35. The van der Waals surface area contributed by atoms with Gasteiger partial charge in [0.25, 0.3) is 0 Å². The summed E-state index contributed by atoms with van der Waals surface area (Å²) in [5.74, 6) is -2.57. The van der Waals surface area contributed by atoms with E-state index in [4.69, 9.17) is 0 Å². The summed E-state index contributed by atoms with van der Waals surface area (Å²) in [5, 5.41) is 3.45. The first kappa shape index (κ1) is 16.1. The molecule has 0 spiro atoms. The molecule has 1 aromatic rings. The molecule has 1 aromatic carbocycles. The van der Waals surface area contributed by atoms with Crippen LogP contribution >= 0.6 is 0 Å². The number of piperazine rings is 1. The molecule has 0 aromatic heterocycles. The van der Waals surface area contributed by atoms with Gasteiger partial charge in [0.1, 0.15) is 5.82 Å². The number of nitrogens with one attached hydrogen (secondary N) is 1. The third kappa shape index (κ3) is 3.51. The van der Waals surface area contributed by atoms with E-state index in [1.54, 1.807) is 0 Å². The standard InChI is InChI=1S/C16H23F3N2/c1-4-5-12-9-21(15(8-20-12)10(2)3)14-7-11(17)6-13(18)16(14)19/h6-7,10,12,15,20H,4-5,8-9H2,1-3H3. The number of halogens is 3. The molecule has 2 unspecified atom stereocenters. The van der Waals surface area contributed by atoms with Gasteiger partial charge in [-0.2, -0.15) is 0 Å². The molecule has 1 aliphatic rings. The predicted molar refractivity (Wildman–Crippen MR) is 79.0 cm³/mol. The van der Waals surface area contributed by atoms with E-state index in [2.05, 4.69) is 12.2 Å². The number of nitrogens with zero attached hydrogens (tertiary/aromatic N) is 1. The fourth-order valence-corrected chi connectivity index (χ4v) is 3.00. The van der Waals surface area contributed by atoms with Crippen LogP contribution in [0.1, 0.15) is 33.6 Å². The van der Waals surface area contributed by atoms with Crippen molar-refractivity contribution < 1.29 is 13.2 Å². The zero-order chi connectivity index (χ0) is 15.6. The molecule has 0 radical (unpaired) electrons. The number of benzene rings is 1. The van der Waals surface area contributed by atoms with E-state index < -0.39 is 17.5 Å². The van der Waals surface area contributed by atoms with Gasteiger partial charge in [0.2, 0.25) is 0 Å². The van der Waals surface area contributed by atoms with Gasteiger partial charge in [0, 0.05) is 37.3 Å². The van der Waals surface area contributed by atoms with Crippen molar-refractivity contribution in [3.63, 3.8) is 0 Å². The maximum atomic E-state index is 14.1. The summed E-state index contributed by atoms with van der Waals surface area (Å²) >= 11 is 0. The third-order valence-corrected chi connectivity index (χ3v) is 4.12. The molecule has 1 N–H and O–H groups in total. The monoisotopic (exact) mass is 300 g/mol. The SMILES string of the molecule is CCCC1CN(c2cc(F)cc(F)c2F)C(C(C)C)CN1. The number of hydrogen-bond acceptors (Lipinski definition) is 2. The highest BCUT2D eigenvalue weighted by Gasteiger charge is 2.32. The molecular weight excluding hydrogens is 277 g/mol. The lowest BCUT2D eigenvalue weighted by molar-refractivity contribution is 0.323. The van der Waals surface area contributed by atoms with Gasteiger partial charge in [-0.05, 0) is 12.3 Å². The van der Waals surface area contributed by atoms with Crippen LogP contribution in [0.25, 0.3) is 0 Å². The summed E-state index contributed by atoms with van der Waals surface area (Å²) in [7, 11) is 0. The van der Waals surface area contributed by atoms with Gasteiger partial charge in [0.15, 0.2) is 11.6 Å². The fraction of sp³-hybridized carbons (Fsp3) is 0.625. The van der Waals surface area contributed by atoms with Crippen LogP contribution in [0, 0.1) is 23.4 Å². The Labute approximate surface area is 124 Å². The van der Waals surface area contributed by atoms with E-state index in [0.29, 0.717) is 19.2 Å². The van der Waals surface area contributed by atoms with E-state index in [1.165, 1.54) is 0 Å². The second-order valence-electron chi connectivity index (χ2n) is 6.08. The predicted octanol–water partition coefficient (Wildman–Crippen LogP) is 3.71. The Hall–Kier alpha value is -1.23. The van der Waals surface area contributed by atoms with Crippen LogP contribution in [0.15, 0.2) is 12.1 Å². The van der Waals surface area contributed by atoms with Crippen molar-refractivity contribution in [1.29, 1.82) is 0 Å². The minimum absolute atomic E-state index is 0.0220. The number of hydrogen-bond donors (Lipinski definition) is 1. The van der Waals surface area contributed by atoms with E-state index in [-0.39, 0.29) is 23.7 Å². The van der Waals surface area contributed by atoms with Crippen molar-refractivity contribution in [3.05, 3.63) is 29.6 Å². The van der Waals surface area contributed by atoms with Gasteiger partial charge in [0.05, 0.1) is 5.69 Å². The summed E-state index contributed by atoms with van der Waals surface area (Å²) in [5.41, 5.74) is 0.0359. The highest BCUT2D eigenvalue weighted by Crippen LogP contribution is 2.29. The fourth-order valence-electron chi connectivity index (χ4n) is 3.00. The van der Waals surface area contributed by atoms with E-state index in [1.807, 2.05) is 18.7 Å². The number of rotatable bonds is 4. The Kier molecular flexibility index (Phi) is 5.14. The van der Waals surface area contributed by atoms with Crippen molar-refractivity contribution in [2.24, 2.45) is 5.92 Å². The van der Waals surface area contributed by atoms with Gasteiger partial charge in [-0.25, -0.2) is 13.2 Å². The van der Waals surface area contributed by atoms with Crippen molar-refractivity contribution in [2.75, 3.05) is 18.0 Å². The van der Waals surface area contributed by atoms with Crippen LogP contribution in [-0.4, -0.2) is 25.2 Å². The zero-order valence-electron chi connectivity index (χ0n) is 12.8. The molecular formula is C16H23F3N2. The largest absolute Gasteiger partial charge is 0.363 e. The van der Waals surface area contributed by atoms with Crippen LogP contribution in [-0.2, 0) is 0 Å². The Bertz CT molecular complexity index is 491. The van der Waals surface area contributed by atoms with Gasteiger partial charge in [-0.1, -0.05) is 27.2 Å². The molecule has 1 fully saturated rings. The Morgan fingerprint density at radius 2 is 2.00 bits per heavy atom. The average Bonchev–Trinajstić information content (AvgIpc) is 2.43. The second kappa shape index (κ2) is 6.69. The zero-order valence-corrected chi connectivity index (χ0v) is 12.8. The first-order valence-corrected chi connectivity index (χ1v) is 7.58. The highest BCUT2D eigenvalue weighted by atomic mass is 19.2. The van der Waals surface area contributed by atoms with Gasteiger partial charge >= 0.3 is 0 Å². The smallest absolute Gasteiger partial charge is 0.182 e. The van der Waals surface area contributed by atoms with E-state index >= 15 is 0 Å². The molecule has 1 saturated heterocycles. The van der Waals surface area contributed by atoms with Crippen molar-refractivity contribution >= 4 is 5.69 Å². The quantitative estimate of drug-likeness (QED) is 0.853. The molecule has 2 atom stereocenters. The maximum absolute atomic E-state index is 14.1. The van der Waals surface area contributed by atoms with Crippen LogP contribution in [0.5, 0.6) is 0 Å². The maximum Gasteiger partial charge on any atom is 0.182 e. The minimum atomic E-state index is -1.13. The summed E-state index contributed by atoms with van der Waals surface area (Å²) in [6, 6.07) is 1.93. The summed E-state index contributed by atoms with van der Waals surface area (Å²) < 4.78 is 41.1. The van der Waals surface area contributed by atoms with Crippen LogP contribution < -0.4 is 10.2 Å². The second-order valence-corrected chi connectivity index (χ2v) is 6.08. The van der Waals surface area contributed by atoms with Crippen LogP contribution in [0.2, 0.25) is 0 Å². The van der Waals surface area contributed by atoms with Crippen molar-refractivity contribution in [2.45, 2.75) is 45.7 Å². The summed E-state index contributed by atoms with van der Waals surface area (Å²) in [6.45, 7) is 7.42. The molecule has 2 nitrogen and oxygen atoms in total. The lowest BCUT2D eigenvalue weighted by atomic mass is 9.96. The Morgan fingerprint density at radius 3 is 2.62 bits per heavy atom. The molecule has 1 aliphatic heterocycles. The van der Waals surface area contributed by atoms with E-state index in [0.717, 1.165) is 18.9 Å². The lowest BCUT2D eigenvalue weighted by Crippen LogP contribution is -2.58. The van der Waals surface area contributed by atoms with Crippen LogP contribution in [0.3, 0.4) is 0 Å². The van der Waals surface area contributed by atoms with Crippen molar-refractivity contribution in [1.82, 2.24) is 5.32 Å². The molecule has 0 aliphatic carbocycles. The van der Waals surface area contributed by atoms with Crippen molar-refractivity contribution in [3.8, 4) is 0 Å². The van der Waals surface area contributed by atoms with Crippen LogP contribution in [0.4, 0.5) is 18.9 Å². The first-order chi connectivity index (χ1) is 9.93. The normalized spacial score (nSPS) is 22.9. The third-order valence-electron chi connectivity index (χ3n) is 4.12. The highest BCUT2D eigenvalue weighted by molar-refractivity contribution is 5.50. The van der Waals surface area contributed by atoms with E-state index in [9.17, 15) is 13.2 Å². The first-order valence-electron chi connectivity index (χ1n) is 7.58. The molecule has 21 heavy (non-hydrogen) atoms. The minimum Gasteiger partial charge on any atom is -0.363 e. The molecule has 0 bridgehead atoms. The summed E-state index contributed by atoms with van der Waals surface area (Å²) in [4.78, 5) is 1.82. The van der Waals surface area contributed by atoms with Gasteiger partial charge in [-0.3, -0.25) is 0 Å². The average molecular weight is 300 g/mol. The molecule has 1 heterocycles. The molecule has 5 heteroatoms.